The first-order valence-corrected chi connectivity index (χ1v) is 9.11. The van der Waals surface area contributed by atoms with Crippen LogP contribution in [0.15, 0.2) is 35.6 Å². The van der Waals surface area contributed by atoms with Gasteiger partial charge < -0.3 is 9.67 Å². The summed E-state index contributed by atoms with van der Waals surface area (Å²) in [6, 6.07) is 5.61. The maximum absolute atomic E-state index is 12.0. The van der Waals surface area contributed by atoms with Gasteiger partial charge in [0.05, 0.1) is 6.10 Å². The maximum Gasteiger partial charge on any atom is 0.250 e. The third-order valence-corrected chi connectivity index (χ3v) is 5.66. The van der Waals surface area contributed by atoms with E-state index < -0.39 is 0 Å². The Kier molecular flexibility index (Phi) is 5.06. The molecule has 0 aromatic carbocycles. The summed E-state index contributed by atoms with van der Waals surface area (Å²) in [7, 11) is 0. The van der Waals surface area contributed by atoms with Crippen LogP contribution in [0.2, 0.25) is 0 Å². The molecule has 0 saturated carbocycles. The molecular weight excluding hydrogens is 296 g/mol. The van der Waals surface area contributed by atoms with Crippen molar-refractivity contribution >= 4 is 11.8 Å². The van der Waals surface area contributed by atoms with Crippen molar-refractivity contribution in [3.8, 4) is 0 Å². The van der Waals surface area contributed by atoms with Crippen molar-refractivity contribution < 1.29 is 5.11 Å². The highest BCUT2D eigenvalue weighted by molar-refractivity contribution is 7.99. The number of hydrogen-bond donors (Lipinski definition) is 1. The van der Waals surface area contributed by atoms with E-state index in [0.29, 0.717) is 11.8 Å². The van der Waals surface area contributed by atoms with Crippen molar-refractivity contribution in [3.05, 3.63) is 46.9 Å². The van der Waals surface area contributed by atoms with E-state index in [-0.39, 0.29) is 11.7 Å². The van der Waals surface area contributed by atoms with Crippen molar-refractivity contribution in [2.75, 3.05) is 31.1 Å². The summed E-state index contributed by atoms with van der Waals surface area (Å²) in [6.45, 7) is 7.19. The van der Waals surface area contributed by atoms with E-state index in [9.17, 15) is 9.90 Å². The Morgan fingerprint density at radius 3 is 3.09 bits per heavy atom. The molecule has 3 heterocycles. The lowest BCUT2D eigenvalue weighted by atomic mass is 9.83. The molecule has 2 aliphatic heterocycles. The summed E-state index contributed by atoms with van der Waals surface area (Å²) < 4.78 is 1.95. The predicted octanol–water partition coefficient (Wildman–Crippen LogP) is 1.55. The van der Waals surface area contributed by atoms with Gasteiger partial charge in [-0.05, 0) is 18.4 Å². The van der Waals surface area contributed by atoms with Crippen molar-refractivity contribution in [2.24, 2.45) is 5.92 Å². The molecule has 3 rings (SSSR count). The average Bonchev–Trinajstić information content (AvgIpc) is 2.48. The van der Waals surface area contributed by atoms with E-state index in [1.165, 1.54) is 12.1 Å². The van der Waals surface area contributed by atoms with Gasteiger partial charge in [0.15, 0.2) is 0 Å². The van der Waals surface area contributed by atoms with Gasteiger partial charge in [0.2, 0.25) is 0 Å². The van der Waals surface area contributed by atoms with Gasteiger partial charge >= 0.3 is 0 Å². The number of fused-ring (bicyclic) bond motifs is 4. The first-order chi connectivity index (χ1) is 10.7. The van der Waals surface area contributed by atoms with Crippen LogP contribution in [0.5, 0.6) is 0 Å². The normalized spacial score (nSPS) is 25.5. The fraction of sp³-hybridized carbons (Fsp3) is 0.588. The largest absolute Gasteiger partial charge is 0.391 e. The third-order valence-electron chi connectivity index (χ3n) is 4.57. The topological polar surface area (TPSA) is 45.5 Å². The molecule has 2 bridgehead atoms. The molecule has 0 spiro atoms. The number of β-amino-alcohol motifs (C(OH)–C–C–N with tert-alkyl or cyclic N) is 1. The molecule has 0 amide bonds. The Morgan fingerprint density at radius 1 is 1.41 bits per heavy atom. The molecule has 1 fully saturated rings. The molecule has 0 radical (unpaired) electrons. The summed E-state index contributed by atoms with van der Waals surface area (Å²) in [5.74, 6) is 2.60. The second-order valence-electron chi connectivity index (χ2n) is 6.40. The summed E-state index contributed by atoms with van der Waals surface area (Å²) in [6.07, 6.45) is 2.75. The van der Waals surface area contributed by atoms with Gasteiger partial charge in [-0.1, -0.05) is 12.1 Å². The summed E-state index contributed by atoms with van der Waals surface area (Å²) in [5.41, 5.74) is 1.30. The quantitative estimate of drug-likeness (QED) is 0.638. The van der Waals surface area contributed by atoms with Crippen molar-refractivity contribution in [1.29, 1.82) is 0 Å². The number of piperidine rings is 1. The van der Waals surface area contributed by atoms with Crippen LogP contribution < -0.4 is 5.56 Å². The number of aliphatic hydroxyl groups excluding tert-OH is 1. The zero-order valence-electron chi connectivity index (χ0n) is 12.9. The fourth-order valence-corrected chi connectivity index (χ4v) is 4.46. The van der Waals surface area contributed by atoms with Gasteiger partial charge in [-0.2, -0.15) is 11.8 Å². The van der Waals surface area contributed by atoms with Crippen LogP contribution in [0.25, 0.3) is 0 Å². The zero-order valence-corrected chi connectivity index (χ0v) is 13.7. The predicted molar refractivity (Wildman–Crippen MR) is 91.5 cm³/mol. The molecule has 5 heteroatoms. The third kappa shape index (κ3) is 3.47. The smallest absolute Gasteiger partial charge is 0.250 e. The molecule has 3 atom stereocenters. The summed E-state index contributed by atoms with van der Waals surface area (Å²) >= 11 is 1.72. The average molecular weight is 320 g/mol. The highest BCUT2D eigenvalue weighted by Gasteiger charge is 2.34. The van der Waals surface area contributed by atoms with Crippen LogP contribution in [-0.4, -0.2) is 51.8 Å². The van der Waals surface area contributed by atoms with Crippen LogP contribution in [0.3, 0.4) is 0 Å². The van der Waals surface area contributed by atoms with Crippen LogP contribution in [0, 0.1) is 5.92 Å². The molecule has 1 aromatic heterocycles. The van der Waals surface area contributed by atoms with Gasteiger partial charge in [-0.25, -0.2) is 0 Å². The molecule has 22 heavy (non-hydrogen) atoms. The molecule has 0 aliphatic carbocycles. The standard InChI is InChI=1S/C17H24N2O2S/c1-2-6-22-12-15(20)11-18-8-13-7-14(10-18)16-4-3-5-17(21)19(16)9-13/h2-5,13-15,20H,1,6-12H2/t13-,14+,15?/m0/s1. The Labute approximate surface area is 135 Å². The van der Waals surface area contributed by atoms with Gasteiger partial charge in [-0.15, -0.1) is 6.58 Å². The van der Waals surface area contributed by atoms with E-state index in [1.807, 2.05) is 16.7 Å². The SMILES string of the molecule is C=CCSCC(O)CN1C[C@@H]2C[C@H](C1)c1cccc(=O)n1C2. The Morgan fingerprint density at radius 2 is 2.27 bits per heavy atom. The number of likely N-dealkylation sites (tertiary alicyclic amines) is 1. The Hall–Kier alpha value is -1.04. The van der Waals surface area contributed by atoms with Gasteiger partial charge in [0.25, 0.3) is 5.56 Å². The Balaban J connectivity index is 1.63. The van der Waals surface area contributed by atoms with E-state index in [1.54, 1.807) is 17.8 Å². The summed E-state index contributed by atoms with van der Waals surface area (Å²) in [4.78, 5) is 14.4. The van der Waals surface area contributed by atoms with Gasteiger partial charge in [0.1, 0.15) is 0 Å². The van der Waals surface area contributed by atoms with E-state index in [4.69, 9.17) is 0 Å². The minimum absolute atomic E-state index is 0.126. The molecule has 1 aromatic rings. The van der Waals surface area contributed by atoms with Crippen molar-refractivity contribution in [1.82, 2.24) is 9.47 Å². The van der Waals surface area contributed by atoms with Crippen molar-refractivity contribution in [3.63, 3.8) is 0 Å². The molecular formula is C17H24N2O2S. The van der Waals surface area contributed by atoms with Crippen LogP contribution >= 0.6 is 11.8 Å². The number of aliphatic hydroxyl groups is 1. The van der Waals surface area contributed by atoms with Crippen LogP contribution in [0.1, 0.15) is 18.0 Å². The first kappa shape index (κ1) is 15.8. The van der Waals surface area contributed by atoms with Crippen LogP contribution in [0.4, 0.5) is 0 Å². The molecule has 1 N–H and O–H groups in total. The minimum atomic E-state index is -0.290. The van der Waals surface area contributed by atoms with E-state index >= 15 is 0 Å². The number of nitrogens with zero attached hydrogens (tertiary/aromatic N) is 2. The highest BCUT2D eigenvalue weighted by atomic mass is 32.2. The number of pyridine rings is 1. The zero-order chi connectivity index (χ0) is 15.5. The molecule has 1 saturated heterocycles. The second-order valence-corrected chi connectivity index (χ2v) is 7.47. The first-order valence-electron chi connectivity index (χ1n) is 7.96. The number of thioether (sulfide) groups is 1. The Bertz CT molecular complexity index is 586. The lowest BCUT2D eigenvalue weighted by molar-refractivity contribution is 0.0717. The van der Waals surface area contributed by atoms with Gasteiger partial charge in [-0.3, -0.25) is 9.69 Å². The fourth-order valence-electron chi connectivity index (χ4n) is 3.78. The van der Waals surface area contributed by atoms with E-state index in [0.717, 1.165) is 37.7 Å². The lowest BCUT2D eigenvalue weighted by Crippen LogP contribution is -2.49. The number of hydrogen-bond acceptors (Lipinski definition) is 4. The van der Waals surface area contributed by atoms with E-state index in [2.05, 4.69) is 17.5 Å². The molecule has 2 aliphatic rings. The lowest BCUT2D eigenvalue weighted by Gasteiger charge is -2.43. The van der Waals surface area contributed by atoms with Crippen molar-refractivity contribution in [2.45, 2.75) is 25.0 Å². The van der Waals surface area contributed by atoms with Gasteiger partial charge in [0, 0.05) is 55.4 Å². The molecule has 1 unspecified atom stereocenters. The maximum atomic E-state index is 12.0. The molecule has 4 nitrogen and oxygen atoms in total. The highest BCUT2D eigenvalue weighted by Crippen LogP contribution is 2.34. The van der Waals surface area contributed by atoms with Crippen LogP contribution in [-0.2, 0) is 6.54 Å². The number of aromatic nitrogens is 1. The minimum Gasteiger partial charge on any atom is -0.391 e. The monoisotopic (exact) mass is 320 g/mol. The summed E-state index contributed by atoms with van der Waals surface area (Å²) in [5, 5.41) is 10.2. The molecule has 120 valence electrons. The second kappa shape index (κ2) is 7.02. The number of rotatable bonds is 6.